The van der Waals surface area contributed by atoms with Gasteiger partial charge >= 0.3 is 5.97 Å². The van der Waals surface area contributed by atoms with E-state index in [4.69, 9.17) is 4.74 Å². The van der Waals surface area contributed by atoms with Crippen molar-refractivity contribution in [1.82, 2.24) is 0 Å². The third-order valence-electron chi connectivity index (χ3n) is 7.14. The molecule has 3 aromatic rings. The number of amides is 1. The standard InChI is InChI=1S/C29H34N2O4S/c1-21(22-12-6-5-7-13-22)18-23(32)19-31(16-10-3-4-11-17-31)20-26(33)30-27-24-14-8-9-15-25(24)36-28(27)29(34)35-2/h5-9,12-15,21H,3-4,10-11,16-20H2,1-2H3/p+1/t21-/m0/s1. The van der Waals surface area contributed by atoms with Crippen molar-refractivity contribution in [3.8, 4) is 0 Å². The SMILES string of the molecule is COC(=O)c1sc2ccccc2c1NC(=O)C[N+]1(CC(=O)C[C@H](C)c2ccccc2)CCCCCC1. The predicted molar refractivity (Wildman–Crippen MR) is 144 cm³/mol. The van der Waals surface area contributed by atoms with Crippen molar-refractivity contribution in [2.45, 2.75) is 44.9 Å². The topological polar surface area (TPSA) is 72.5 Å². The summed E-state index contributed by atoms with van der Waals surface area (Å²) in [6.45, 7) is 4.29. The molecule has 1 aromatic heterocycles. The van der Waals surface area contributed by atoms with Gasteiger partial charge in [0.2, 0.25) is 0 Å². The van der Waals surface area contributed by atoms with E-state index in [2.05, 4.69) is 24.4 Å². The fourth-order valence-corrected chi connectivity index (χ4v) is 6.38. The van der Waals surface area contributed by atoms with Gasteiger partial charge in [-0.3, -0.25) is 9.59 Å². The monoisotopic (exact) mass is 507 g/mol. The molecule has 1 aliphatic heterocycles. The molecule has 0 spiro atoms. The zero-order valence-corrected chi connectivity index (χ0v) is 21.9. The van der Waals surface area contributed by atoms with Gasteiger partial charge in [-0.25, -0.2) is 4.79 Å². The number of carbonyl (C=O) groups excluding carboxylic acids is 3. The van der Waals surface area contributed by atoms with Crippen molar-refractivity contribution in [1.29, 1.82) is 0 Å². The van der Waals surface area contributed by atoms with E-state index in [1.807, 2.05) is 42.5 Å². The maximum atomic E-state index is 13.4. The molecule has 1 amide bonds. The molecule has 0 bridgehead atoms. The number of likely N-dealkylation sites (tertiary alicyclic amines) is 1. The van der Waals surface area contributed by atoms with Crippen molar-refractivity contribution < 1.29 is 23.6 Å². The average Bonchev–Trinajstić information content (AvgIpc) is 3.08. The summed E-state index contributed by atoms with van der Waals surface area (Å²) in [5.41, 5.74) is 1.66. The molecule has 1 atom stereocenters. The van der Waals surface area contributed by atoms with Crippen LogP contribution in [0.15, 0.2) is 54.6 Å². The largest absolute Gasteiger partial charge is 0.465 e. The fraction of sp³-hybridized carbons (Fsp3) is 0.414. The minimum absolute atomic E-state index is 0.138. The van der Waals surface area contributed by atoms with Crippen LogP contribution in [-0.4, -0.2) is 55.4 Å². The molecule has 4 rings (SSSR count). The second-order valence-corrected chi connectivity index (χ2v) is 11.0. The van der Waals surface area contributed by atoms with Gasteiger partial charge in [-0.05, 0) is 43.2 Å². The number of Topliss-reactive ketones (excluding diaryl/α,β-unsaturated/α-hetero) is 1. The summed E-state index contributed by atoms with van der Waals surface area (Å²) in [6, 6.07) is 17.7. The van der Waals surface area contributed by atoms with Crippen LogP contribution in [-0.2, 0) is 14.3 Å². The number of fused-ring (bicyclic) bond motifs is 1. The number of carbonyl (C=O) groups is 3. The summed E-state index contributed by atoms with van der Waals surface area (Å²) in [4.78, 5) is 39.5. The van der Waals surface area contributed by atoms with Crippen LogP contribution in [0.2, 0.25) is 0 Å². The zero-order chi connectivity index (χ0) is 25.5. The first kappa shape index (κ1) is 26.0. The van der Waals surface area contributed by atoms with Crippen LogP contribution in [0.3, 0.4) is 0 Å². The lowest BCUT2D eigenvalue weighted by Crippen LogP contribution is -2.55. The lowest BCUT2D eigenvalue weighted by Gasteiger charge is -2.36. The van der Waals surface area contributed by atoms with Crippen molar-refractivity contribution in [3.05, 3.63) is 65.0 Å². The molecule has 2 heterocycles. The number of ketones is 1. The van der Waals surface area contributed by atoms with Crippen molar-refractivity contribution in [2.75, 3.05) is 38.6 Å². The van der Waals surface area contributed by atoms with Gasteiger partial charge in [0, 0.05) is 16.5 Å². The van der Waals surface area contributed by atoms with Gasteiger partial charge in [0.15, 0.2) is 12.3 Å². The third kappa shape index (κ3) is 6.20. The molecule has 0 saturated carbocycles. The van der Waals surface area contributed by atoms with E-state index in [0.29, 0.717) is 28.0 Å². The highest BCUT2D eigenvalue weighted by atomic mass is 32.1. The van der Waals surface area contributed by atoms with Crippen LogP contribution in [0, 0.1) is 0 Å². The first-order valence-corrected chi connectivity index (χ1v) is 13.5. The van der Waals surface area contributed by atoms with Crippen LogP contribution in [0.4, 0.5) is 5.69 Å². The minimum Gasteiger partial charge on any atom is -0.465 e. The molecule has 0 aliphatic carbocycles. The first-order chi connectivity index (χ1) is 17.4. The first-order valence-electron chi connectivity index (χ1n) is 12.7. The smallest absolute Gasteiger partial charge is 0.350 e. The van der Waals surface area contributed by atoms with Crippen molar-refractivity contribution in [3.63, 3.8) is 0 Å². The molecular weight excluding hydrogens is 472 g/mol. The van der Waals surface area contributed by atoms with E-state index >= 15 is 0 Å². The van der Waals surface area contributed by atoms with Gasteiger partial charge in [-0.1, -0.05) is 55.5 Å². The van der Waals surface area contributed by atoms with Crippen LogP contribution in [0.1, 0.15) is 60.2 Å². The highest BCUT2D eigenvalue weighted by molar-refractivity contribution is 7.21. The number of thiophene rings is 1. The highest BCUT2D eigenvalue weighted by Gasteiger charge is 2.35. The Morgan fingerprint density at radius 2 is 1.61 bits per heavy atom. The summed E-state index contributed by atoms with van der Waals surface area (Å²) in [7, 11) is 1.35. The van der Waals surface area contributed by atoms with E-state index in [1.54, 1.807) is 0 Å². The summed E-state index contributed by atoms with van der Waals surface area (Å²) in [5.74, 6) is -0.304. The number of hydrogen-bond acceptors (Lipinski definition) is 5. The number of hydrogen-bond donors (Lipinski definition) is 1. The van der Waals surface area contributed by atoms with Crippen LogP contribution in [0.25, 0.3) is 10.1 Å². The molecule has 1 aliphatic rings. The van der Waals surface area contributed by atoms with Crippen molar-refractivity contribution >= 4 is 44.8 Å². The Kier molecular flexibility index (Phi) is 8.54. The number of ether oxygens (including phenoxy) is 1. The second kappa shape index (κ2) is 11.8. The molecule has 1 saturated heterocycles. The summed E-state index contributed by atoms with van der Waals surface area (Å²) in [6.07, 6.45) is 4.72. The van der Waals surface area contributed by atoms with Gasteiger partial charge in [0.25, 0.3) is 5.91 Å². The molecule has 2 aromatic carbocycles. The average molecular weight is 508 g/mol. The number of nitrogens with zero attached hydrogens (tertiary/aromatic N) is 1. The normalized spacial score (nSPS) is 16.2. The lowest BCUT2D eigenvalue weighted by molar-refractivity contribution is -0.912. The number of rotatable bonds is 9. The molecule has 0 unspecified atom stereocenters. The van der Waals surface area contributed by atoms with Crippen molar-refractivity contribution in [2.24, 2.45) is 0 Å². The molecular formula is C29H35N2O4S+. The second-order valence-electron chi connectivity index (χ2n) is 9.92. The van der Waals surface area contributed by atoms with E-state index < -0.39 is 5.97 Å². The van der Waals surface area contributed by atoms with Gasteiger partial charge in [0.05, 0.1) is 25.9 Å². The van der Waals surface area contributed by atoms with E-state index in [1.165, 1.54) is 18.4 Å². The lowest BCUT2D eigenvalue weighted by atomic mass is 9.95. The van der Waals surface area contributed by atoms with E-state index in [0.717, 1.165) is 54.4 Å². The van der Waals surface area contributed by atoms with Crippen LogP contribution >= 0.6 is 11.3 Å². The molecule has 1 N–H and O–H groups in total. The number of methoxy groups -OCH3 is 1. The third-order valence-corrected chi connectivity index (χ3v) is 8.29. The molecule has 6 nitrogen and oxygen atoms in total. The Bertz CT molecular complexity index is 1210. The molecule has 7 heteroatoms. The zero-order valence-electron chi connectivity index (χ0n) is 21.1. The highest BCUT2D eigenvalue weighted by Crippen LogP contribution is 2.36. The molecule has 190 valence electrons. The Morgan fingerprint density at radius 1 is 0.944 bits per heavy atom. The number of quaternary nitrogens is 1. The van der Waals surface area contributed by atoms with Gasteiger partial charge in [-0.15, -0.1) is 11.3 Å². The minimum atomic E-state index is -0.463. The Labute approximate surface area is 216 Å². The molecule has 0 radical (unpaired) electrons. The number of anilines is 1. The summed E-state index contributed by atoms with van der Waals surface area (Å²) >= 11 is 1.31. The Morgan fingerprint density at radius 3 is 2.31 bits per heavy atom. The number of esters is 1. The predicted octanol–water partition coefficient (Wildman–Crippen LogP) is 5.78. The van der Waals surface area contributed by atoms with Gasteiger partial charge in [0.1, 0.15) is 11.4 Å². The van der Waals surface area contributed by atoms with Gasteiger partial charge < -0.3 is 14.5 Å². The fourth-order valence-electron chi connectivity index (χ4n) is 5.30. The number of nitrogens with one attached hydrogen (secondary N) is 1. The van der Waals surface area contributed by atoms with Crippen LogP contribution in [0.5, 0.6) is 0 Å². The van der Waals surface area contributed by atoms with Crippen LogP contribution < -0.4 is 5.32 Å². The quantitative estimate of drug-likeness (QED) is 0.294. The molecule has 36 heavy (non-hydrogen) atoms. The summed E-state index contributed by atoms with van der Waals surface area (Å²) < 4.78 is 6.36. The maximum Gasteiger partial charge on any atom is 0.350 e. The maximum absolute atomic E-state index is 13.4. The van der Waals surface area contributed by atoms with E-state index in [9.17, 15) is 14.4 Å². The van der Waals surface area contributed by atoms with E-state index in [-0.39, 0.29) is 24.2 Å². The Balaban J connectivity index is 1.52. The summed E-state index contributed by atoms with van der Waals surface area (Å²) in [5, 5.41) is 3.85. The number of benzene rings is 2. The Hall–Kier alpha value is -3.03. The molecule has 1 fully saturated rings. The van der Waals surface area contributed by atoms with Gasteiger partial charge in [-0.2, -0.15) is 0 Å².